The van der Waals surface area contributed by atoms with Crippen molar-refractivity contribution in [2.45, 2.75) is 19.4 Å². The number of rotatable bonds is 7. The van der Waals surface area contributed by atoms with Gasteiger partial charge in [0.1, 0.15) is 12.4 Å². The summed E-state index contributed by atoms with van der Waals surface area (Å²) in [5.74, 6) is 2.62. The van der Waals surface area contributed by atoms with Gasteiger partial charge < -0.3 is 14.2 Å². The molecule has 0 bridgehead atoms. The maximum absolute atomic E-state index is 5.98. The number of alkyl halides is 1. The van der Waals surface area contributed by atoms with Gasteiger partial charge in [0.15, 0.2) is 11.5 Å². The summed E-state index contributed by atoms with van der Waals surface area (Å²) in [5, 5.41) is 0. The quantitative estimate of drug-likeness (QED) is 0.709. The molecular weight excluding hydrogens is 288 g/mol. The lowest BCUT2D eigenvalue weighted by Gasteiger charge is -2.15. The van der Waals surface area contributed by atoms with Crippen LogP contribution < -0.4 is 14.2 Å². The van der Waals surface area contributed by atoms with Crippen molar-refractivity contribution in [3.05, 3.63) is 53.6 Å². The van der Waals surface area contributed by atoms with E-state index in [2.05, 4.69) is 0 Å². The molecule has 0 aromatic heterocycles. The topological polar surface area (TPSA) is 27.7 Å². The van der Waals surface area contributed by atoms with Crippen LogP contribution in [0.4, 0.5) is 0 Å². The molecule has 0 amide bonds. The van der Waals surface area contributed by atoms with Gasteiger partial charge in [0.2, 0.25) is 0 Å². The molecule has 0 unspecified atom stereocenters. The van der Waals surface area contributed by atoms with Crippen LogP contribution in [-0.2, 0) is 12.5 Å². The summed E-state index contributed by atoms with van der Waals surface area (Å²) in [4.78, 5) is 0. The fourth-order valence-corrected chi connectivity index (χ4v) is 2.23. The maximum atomic E-state index is 5.98. The largest absolute Gasteiger partial charge is 0.497 e. The fraction of sp³-hybridized carbons (Fsp3) is 0.294. The van der Waals surface area contributed by atoms with E-state index in [-0.39, 0.29) is 0 Å². The lowest BCUT2D eigenvalue weighted by Crippen LogP contribution is -2.02. The highest BCUT2D eigenvalue weighted by Gasteiger charge is 2.10. The lowest BCUT2D eigenvalue weighted by molar-refractivity contribution is 0.267. The predicted molar refractivity (Wildman–Crippen MR) is 84.5 cm³/mol. The van der Waals surface area contributed by atoms with Crippen LogP contribution >= 0.6 is 11.6 Å². The molecule has 3 nitrogen and oxygen atoms in total. The van der Waals surface area contributed by atoms with Gasteiger partial charge in [0.05, 0.1) is 19.6 Å². The Bertz CT molecular complexity index is 584. The Labute approximate surface area is 130 Å². The van der Waals surface area contributed by atoms with Crippen molar-refractivity contribution in [1.29, 1.82) is 0 Å². The number of halogens is 1. The summed E-state index contributed by atoms with van der Waals surface area (Å²) in [6.45, 7) is 2.96. The summed E-state index contributed by atoms with van der Waals surface area (Å²) < 4.78 is 16.7. The number of para-hydroxylation sites is 1. The average molecular weight is 307 g/mol. The standard InChI is InChI=1S/C17H19ClO3/c1-3-20-16-9-5-7-14(11-18)17(16)21-12-13-6-4-8-15(10-13)19-2/h4-10H,3,11-12H2,1-2H3. The van der Waals surface area contributed by atoms with Crippen molar-refractivity contribution in [3.63, 3.8) is 0 Å². The molecule has 0 N–H and O–H groups in total. The molecule has 0 saturated heterocycles. The van der Waals surface area contributed by atoms with Crippen molar-refractivity contribution in [1.82, 2.24) is 0 Å². The zero-order chi connectivity index (χ0) is 15.1. The van der Waals surface area contributed by atoms with E-state index in [1.54, 1.807) is 7.11 Å². The third kappa shape index (κ3) is 4.05. The first-order valence-electron chi connectivity index (χ1n) is 6.84. The number of methoxy groups -OCH3 is 1. The summed E-state index contributed by atoms with van der Waals surface area (Å²) in [5.41, 5.74) is 1.95. The van der Waals surface area contributed by atoms with E-state index in [0.717, 1.165) is 22.6 Å². The van der Waals surface area contributed by atoms with Gasteiger partial charge in [0.25, 0.3) is 0 Å². The van der Waals surface area contributed by atoms with Crippen LogP contribution in [0.5, 0.6) is 17.2 Å². The first-order chi connectivity index (χ1) is 10.3. The third-order valence-electron chi connectivity index (χ3n) is 3.02. The van der Waals surface area contributed by atoms with E-state index in [1.165, 1.54) is 0 Å². The van der Waals surface area contributed by atoms with E-state index in [1.807, 2.05) is 49.4 Å². The van der Waals surface area contributed by atoms with Crippen molar-refractivity contribution >= 4 is 11.6 Å². The van der Waals surface area contributed by atoms with Crippen LogP contribution in [0.15, 0.2) is 42.5 Å². The smallest absolute Gasteiger partial charge is 0.166 e. The fourth-order valence-electron chi connectivity index (χ4n) is 2.02. The van der Waals surface area contributed by atoms with E-state index in [0.29, 0.717) is 24.8 Å². The molecule has 112 valence electrons. The van der Waals surface area contributed by atoms with Gasteiger partial charge in [-0.05, 0) is 30.7 Å². The highest BCUT2D eigenvalue weighted by Crippen LogP contribution is 2.33. The minimum atomic E-state index is 0.383. The third-order valence-corrected chi connectivity index (χ3v) is 3.31. The van der Waals surface area contributed by atoms with Gasteiger partial charge in [-0.1, -0.05) is 24.3 Å². The number of hydrogen-bond acceptors (Lipinski definition) is 3. The number of benzene rings is 2. The van der Waals surface area contributed by atoms with Crippen LogP contribution in [0.3, 0.4) is 0 Å². The average Bonchev–Trinajstić information content (AvgIpc) is 2.54. The zero-order valence-corrected chi connectivity index (χ0v) is 13.0. The van der Waals surface area contributed by atoms with Gasteiger partial charge in [0, 0.05) is 5.56 Å². The minimum absolute atomic E-state index is 0.383. The second-order valence-electron chi connectivity index (χ2n) is 4.45. The molecule has 0 heterocycles. The molecule has 0 aliphatic carbocycles. The molecule has 0 fully saturated rings. The molecule has 0 aliphatic rings. The van der Waals surface area contributed by atoms with Gasteiger partial charge in [-0.3, -0.25) is 0 Å². The molecule has 2 aromatic rings. The number of hydrogen-bond donors (Lipinski definition) is 0. The Hall–Kier alpha value is -1.87. The van der Waals surface area contributed by atoms with E-state index >= 15 is 0 Å². The predicted octanol–water partition coefficient (Wildman–Crippen LogP) is 4.41. The second-order valence-corrected chi connectivity index (χ2v) is 4.72. The summed E-state index contributed by atoms with van der Waals surface area (Å²) in [7, 11) is 1.65. The highest BCUT2D eigenvalue weighted by molar-refractivity contribution is 6.17. The maximum Gasteiger partial charge on any atom is 0.166 e. The molecule has 0 aliphatic heterocycles. The van der Waals surface area contributed by atoms with Crippen molar-refractivity contribution in [2.24, 2.45) is 0 Å². The lowest BCUT2D eigenvalue weighted by atomic mass is 10.2. The molecule has 0 radical (unpaired) electrons. The molecule has 21 heavy (non-hydrogen) atoms. The SMILES string of the molecule is CCOc1cccc(CCl)c1OCc1cccc(OC)c1. The molecule has 4 heteroatoms. The zero-order valence-electron chi connectivity index (χ0n) is 12.3. The highest BCUT2D eigenvalue weighted by atomic mass is 35.5. The van der Waals surface area contributed by atoms with Crippen LogP contribution in [-0.4, -0.2) is 13.7 Å². The Morgan fingerprint density at radius 2 is 1.86 bits per heavy atom. The van der Waals surface area contributed by atoms with Crippen LogP contribution in [0.1, 0.15) is 18.1 Å². The summed E-state index contributed by atoms with van der Waals surface area (Å²) >= 11 is 5.98. The molecule has 2 rings (SSSR count). The Kier molecular flexibility index (Phi) is 5.76. The Morgan fingerprint density at radius 3 is 2.57 bits per heavy atom. The van der Waals surface area contributed by atoms with E-state index in [4.69, 9.17) is 25.8 Å². The van der Waals surface area contributed by atoms with Gasteiger partial charge >= 0.3 is 0 Å². The first kappa shape index (κ1) is 15.5. The Balaban J connectivity index is 2.18. The molecule has 0 atom stereocenters. The molecule has 0 saturated carbocycles. The van der Waals surface area contributed by atoms with Gasteiger partial charge in [-0.2, -0.15) is 0 Å². The second kappa shape index (κ2) is 7.79. The van der Waals surface area contributed by atoms with Gasteiger partial charge in [-0.25, -0.2) is 0 Å². The van der Waals surface area contributed by atoms with Crippen molar-refractivity contribution in [2.75, 3.05) is 13.7 Å². The molecular formula is C17H19ClO3. The van der Waals surface area contributed by atoms with Crippen LogP contribution in [0.2, 0.25) is 0 Å². The molecule has 0 spiro atoms. The monoisotopic (exact) mass is 306 g/mol. The van der Waals surface area contributed by atoms with Gasteiger partial charge in [-0.15, -0.1) is 11.6 Å². The van der Waals surface area contributed by atoms with Crippen molar-refractivity contribution in [3.8, 4) is 17.2 Å². The van der Waals surface area contributed by atoms with Crippen LogP contribution in [0.25, 0.3) is 0 Å². The Morgan fingerprint density at radius 1 is 1.05 bits per heavy atom. The summed E-state index contributed by atoms with van der Waals surface area (Å²) in [6, 6.07) is 13.5. The first-order valence-corrected chi connectivity index (χ1v) is 7.38. The summed E-state index contributed by atoms with van der Waals surface area (Å²) in [6.07, 6.45) is 0. The minimum Gasteiger partial charge on any atom is -0.497 e. The normalized spacial score (nSPS) is 10.2. The van der Waals surface area contributed by atoms with E-state index in [9.17, 15) is 0 Å². The van der Waals surface area contributed by atoms with Crippen LogP contribution in [0, 0.1) is 0 Å². The van der Waals surface area contributed by atoms with E-state index < -0.39 is 0 Å². The number of ether oxygens (including phenoxy) is 3. The molecule has 2 aromatic carbocycles. The van der Waals surface area contributed by atoms with Crippen molar-refractivity contribution < 1.29 is 14.2 Å².